The third-order valence-corrected chi connectivity index (χ3v) is 5.24. The van der Waals surface area contributed by atoms with Crippen molar-refractivity contribution in [1.29, 1.82) is 0 Å². The van der Waals surface area contributed by atoms with Crippen LogP contribution >= 0.6 is 0 Å². The first-order valence-corrected chi connectivity index (χ1v) is 9.44. The molecule has 1 saturated heterocycles. The van der Waals surface area contributed by atoms with E-state index in [0.717, 1.165) is 50.4 Å². The molecule has 1 amide bonds. The summed E-state index contributed by atoms with van der Waals surface area (Å²) in [6, 6.07) is 6.53. The van der Waals surface area contributed by atoms with Gasteiger partial charge >= 0.3 is 0 Å². The Morgan fingerprint density at radius 2 is 2.08 bits per heavy atom. The molecule has 1 saturated carbocycles. The highest BCUT2D eigenvalue weighted by atomic mass is 16.5. The Morgan fingerprint density at radius 3 is 2.72 bits per heavy atom. The molecule has 1 aliphatic carbocycles. The lowest BCUT2D eigenvalue weighted by Gasteiger charge is -2.37. The number of nitrogens with one attached hydrogen (secondary N) is 1. The van der Waals surface area contributed by atoms with Gasteiger partial charge in [0.15, 0.2) is 11.5 Å². The molecule has 0 unspecified atom stereocenters. The van der Waals surface area contributed by atoms with Crippen molar-refractivity contribution in [2.24, 2.45) is 11.8 Å². The Labute approximate surface area is 150 Å². The maximum Gasteiger partial charge on any atom is 0.225 e. The van der Waals surface area contributed by atoms with Crippen molar-refractivity contribution in [3.05, 3.63) is 23.8 Å². The third-order valence-electron chi connectivity index (χ3n) is 5.24. The van der Waals surface area contributed by atoms with Gasteiger partial charge < -0.3 is 19.7 Å². The molecule has 1 aromatic carbocycles. The Bertz CT molecular complexity index is 601. The van der Waals surface area contributed by atoms with Crippen LogP contribution in [0.2, 0.25) is 0 Å². The summed E-state index contributed by atoms with van der Waals surface area (Å²) in [5.41, 5.74) is 1.19. The topological polar surface area (TPSA) is 50.8 Å². The van der Waals surface area contributed by atoms with Gasteiger partial charge in [0.25, 0.3) is 0 Å². The summed E-state index contributed by atoms with van der Waals surface area (Å²) < 4.78 is 11.0. The highest BCUT2D eigenvalue weighted by Gasteiger charge is 2.36. The number of hydrogen-bond donors (Lipinski definition) is 1. The van der Waals surface area contributed by atoms with E-state index in [4.69, 9.17) is 9.47 Å². The SMILES string of the molecule is CCOc1cc(CN[C@H]2CCN(C(=O)C3CC3)C[C@H]2C)ccc1OC. The highest BCUT2D eigenvalue weighted by Crippen LogP contribution is 2.32. The lowest BCUT2D eigenvalue weighted by atomic mass is 9.93. The van der Waals surface area contributed by atoms with Crippen molar-refractivity contribution in [3.8, 4) is 11.5 Å². The molecular formula is C20H30N2O3. The van der Waals surface area contributed by atoms with Crippen LogP contribution < -0.4 is 14.8 Å². The summed E-state index contributed by atoms with van der Waals surface area (Å²) in [4.78, 5) is 14.3. The van der Waals surface area contributed by atoms with E-state index in [0.29, 0.717) is 30.4 Å². The van der Waals surface area contributed by atoms with Crippen LogP contribution in [0.5, 0.6) is 11.5 Å². The Hall–Kier alpha value is -1.75. The molecule has 2 fully saturated rings. The van der Waals surface area contributed by atoms with Gasteiger partial charge in [0, 0.05) is 31.6 Å². The first-order valence-electron chi connectivity index (χ1n) is 9.44. The quantitative estimate of drug-likeness (QED) is 0.825. The summed E-state index contributed by atoms with van der Waals surface area (Å²) in [7, 11) is 1.66. The van der Waals surface area contributed by atoms with E-state index in [-0.39, 0.29) is 0 Å². The monoisotopic (exact) mass is 346 g/mol. The zero-order valence-electron chi connectivity index (χ0n) is 15.6. The second-order valence-corrected chi connectivity index (χ2v) is 7.23. The number of likely N-dealkylation sites (tertiary alicyclic amines) is 1. The molecule has 5 nitrogen and oxygen atoms in total. The lowest BCUT2D eigenvalue weighted by Crippen LogP contribution is -2.50. The summed E-state index contributed by atoms with van der Waals surface area (Å²) >= 11 is 0. The molecule has 2 atom stereocenters. The number of carbonyl (C=O) groups is 1. The van der Waals surface area contributed by atoms with Crippen LogP contribution in [0.15, 0.2) is 18.2 Å². The fourth-order valence-electron chi connectivity index (χ4n) is 3.59. The van der Waals surface area contributed by atoms with E-state index in [1.54, 1.807) is 7.11 Å². The molecule has 0 spiro atoms. The predicted octanol–water partition coefficient (Wildman–Crippen LogP) is 2.83. The molecule has 0 aromatic heterocycles. The minimum Gasteiger partial charge on any atom is -0.493 e. The molecule has 25 heavy (non-hydrogen) atoms. The molecule has 1 aromatic rings. The van der Waals surface area contributed by atoms with Crippen LogP contribution in [0, 0.1) is 11.8 Å². The number of benzene rings is 1. The van der Waals surface area contributed by atoms with Crippen molar-refractivity contribution >= 4 is 5.91 Å². The Balaban J connectivity index is 1.53. The first kappa shape index (κ1) is 18.1. The Morgan fingerprint density at radius 1 is 1.28 bits per heavy atom. The van der Waals surface area contributed by atoms with E-state index in [9.17, 15) is 4.79 Å². The molecule has 1 aliphatic heterocycles. The van der Waals surface area contributed by atoms with Crippen LogP contribution in [-0.4, -0.2) is 43.7 Å². The van der Waals surface area contributed by atoms with Crippen molar-refractivity contribution in [3.63, 3.8) is 0 Å². The number of hydrogen-bond acceptors (Lipinski definition) is 4. The van der Waals surface area contributed by atoms with E-state index in [1.807, 2.05) is 19.1 Å². The fraction of sp³-hybridized carbons (Fsp3) is 0.650. The Kier molecular flexibility index (Phi) is 5.84. The fourth-order valence-corrected chi connectivity index (χ4v) is 3.59. The second-order valence-electron chi connectivity index (χ2n) is 7.23. The summed E-state index contributed by atoms with van der Waals surface area (Å²) in [6.45, 7) is 7.39. The number of piperidine rings is 1. The lowest BCUT2D eigenvalue weighted by molar-refractivity contribution is -0.134. The maximum absolute atomic E-state index is 12.2. The molecule has 3 rings (SSSR count). The molecule has 0 bridgehead atoms. The van der Waals surface area contributed by atoms with Crippen molar-refractivity contribution in [1.82, 2.24) is 10.2 Å². The molecular weight excluding hydrogens is 316 g/mol. The number of methoxy groups -OCH3 is 1. The molecule has 0 radical (unpaired) electrons. The highest BCUT2D eigenvalue weighted by molar-refractivity contribution is 5.81. The zero-order valence-corrected chi connectivity index (χ0v) is 15.6. The van der Waals surface area contributed by atoms with Gasteiger partial charge in [-0.2, -0.15) is 0 Å². The van der Waals surface area contributed by atoms with Crippen LogP contribution in [-0.2, 0) is 11.3 Å². The molecule has 1 heterocycles. The van der Waals surface area contributed by atoms with Crippen LogP contribution in [0.25, 0.3) is 0 Å². The van der Waals surface area contributed by atoms with Crippen LogP contribution in [0.4, 0.5) is 0 Å². The van der Waals surface area contributed by atoms with Crippen LogP contribution in [0.3, 0.4) is 0 Å². The van der Waals surface area contributed by atoms with Gasteiger partial charge in [-0.25, -0.2) is 0 Å². The average molecular weight is 346 g/mol. The summed E-state index contributed by atoms with van der Waals surface area (Å²) in [5.74, 6) is 2.74. The smallest absolute Gasteiger partial charge is 0.225 e. The van der Waals surface area contributed by atoms with E-state index >= 15 is 0 Å². The van der Waals surface area contributed by atoms with Crippen molar-refractivity contribution in [2.45, 2.75) is 45.7 Å². The standard InChI is InChI=1S/C20H30N2O3/c1-4-25-19-11-15(5-8-18(19)24-3)12-21-17-9-10-22(13-14(17)2)20(23)16-6-7-16/h5,8,11,14,16-17,21H,4,6-7,9-10,12-13H2,1-3H3/t14-,17+/m1/s1. The predicted molar refractivity (Wildman–Crippen MR) is 97.9 cm³/mol. The molecule has 138 valence electrons. The molecule has 1 N–H and O–H groups in total. The van der Waals surface area contributed by atoms with Gasteiger partial charge in [-0.3, -0.25) is 4.79 Å². The minimum atomic E-state index is 0.327. The third kappa shape index (κ3) is 4.46. The van der Waals surface area contributed by atoms with E-state index < -0.39 is 0 Å². The van der Waals surface area contributed by atoms with E-state index in [1.165, 1.54) is 5.56 Å². The summed E-state index contributed by atoms with van der Waals surface area (Å²) in [6.07, 6.45) is 3.20. The van der Waals surface area contributed by atoms with Crippen molar-refractivity contribution < 1.29 is 14.3 Å². The van der Waals surface area contributed by atoms with Gasteiger partial charge in [-0.15, -0.1) is 0 Å². The molecule has 5 heteroatoms. The first-order chi connectivity index (χ1) is 12.1. The summed E-state index contributed by atoms with van der Waals surface area (Å²) in [5, 5.41) is 3.66. The minimum absolute atomic E-state index is 0.327. The normalized spacial score (nSPS) is 23.4. The zero-order chi connectivity index (χ0) is 17.8. The van der Waals surface area contributed by atoms with Crippen molar-refractivity contribution in [2.75, 3.05) is 26.8 Å². The maximum atomic E-state index is 12.2. The van der Waals surface area contributed by atoms with Gasteiger partial charge in [-0.05, 0) is 49.8 Å². The number of carbonyl (C=O) groups excluding carboxylic acids is 1. The number of ether oxygens (including phenoxy) is 2. The number of rotatable bonds is 7. The average Bonchev–Trinajstić information content (AvgIpc) is 3.45. The second kappa shape index (κ2) is 8.09. The number of amides is 1. The van der Waals surface area contributed by atoms with E-state index in [2.05, 4.69) is 23.2 Å². The molecule has 2 aliphatic rings. The van der Waals surface area contributed by atoms with Gasteiger partial charge in [0.05, 0.1) is 13.7 Å². The van der Waals surface area contributed by atoms with Gasteiger partial charge in [-0.1, -0.05) is 13.0 Å². The largest absolute Gasteiger partial charge is 0.493 e. The number of nitrogens with zero attached hydrogens (tertiary/aromatic N) is 1. The van der Waals surface area contributed by atoms with Gasteiger partial charge in [0.2, 0.25) is 5.91 Å². The van der Waals surface area contributed by atoms with Crippen LogP contribution in [0.1, 0.15) is 38.7 Å². The van der Waals surface area contributed by atoms with Gasteiger partial charge in [0.1, 0.15) is 0 Å².